The number of rotatable bonds is 19. The van der Waals surface area contributed by atoms with Gasteiger partial charge in [0, 0.05) is 61.0 Å². The molecule has 2 aromatic rings. The maximum absolute atomic E-state index is 12.7. The zero-order chi connectivity index (χ0) is 45.9. The van der Waals surface area contributed by atoms with Crippen LogP contribution in [0.2, 0.25) is 0 Å². The fourth-order valence-electron chi connectivity index (χ4n) is 5.97. The summed E-state index contributed by atoms with van der Waals surface area (Å²) in [5.74, 6) is 0.402. The zero-order valence-corrected chi connectivity index (χ0v) is 36.9. The molecule has 6 rings (SSSR count). The number of aliphatic hydroxyl groups is 10. The lowest BCUT2D eigenvalue weighted by molar-refractivity contribution is -0.330. The molecule has 0 saturated heterocycles. The summed E-state index contributed by atoms with van der Waals surface area (Å²) in [5.41, 5.74) is 4.18. The minimum Gasteiger partial charge on any atom is -0.394 e. The molecule has 2 aliphatic heterocycles. The Balaban J connectivity index is 0.986. The number of aromatic nitrogens is 2. The summed E-state index contributed by atoms with van der Waals surface area (Å²) >= 11 is 2.86. The number of carbonyl (C=O) groups is 2. The van der Waals surface area contributed by atoms with E-state index in [0.29, 0.717) is 33.6 Å². The van der Waals surface area contributed by atoms with E-state index >= 15 is 0 Å². The summed E-state index contributed by atoms with van der Waals surface area (Å²) in [5, 5.41) is 98.1. The first-order chi connectivity index (χ1) is 30.7. The quantitative estimate of drug-likeness (QED) is 0.0220. The predicted octanol–water partition coefficient (Wildman–Crippen LogP) is -0.0534. The number of nitrogens with one attached hydrogen (secondary N) is 2. The second-order valence-corrected chi connectivity index (χ2v) is 19.2. The van der Waals surface area contributed by atoms with Gasteiger partial charge in [-0.05, 0) is 48.5 Å². The van der Waals surface area contributed by atoms with Gasteiger partial charge in [-0.2, -0.15) is 0 Å². The Bertz CT molecular complexity index is 2520. The number of nitrogens with zero attached hydrogens (tertiary/aromatic N) is 4. The molecule has 338 valence electrons. The molecule has 18 nitrogen and oxygen atoms in total. The fourth-order valence-corrected chi connectivity index (χ4v) is 10.0. The molecule has 64 heavy (non-hydrogen) atoms. The molecule has 0 saturated carbocycles. The van der Waals surface area contributed by atoms with Gasteiger partial charge in [0.25, 0.3) is 0 Å². The second kappa shape index (κ2) is 23.1. The van der Waals surface area contributed by atoms with Gasteiger partial charge in [0.15, 0.2) is 0 Å². The van der Waals surface area contributed by atoms with Crippen LogP contribution in [-0.2, 0) is 9.59 Å². The standard InChI is InChI=1S/C42H44N6O12S4/c49-19-31(53)41(59)39(57)29(51)17-43-21-1-5-25-33(13-21)63-35-15-23(3-7-27(35)47-25)45-37(55)9-11-61-62-12-10-38(56)46-24-4-8-28-36(16-24)64-34-14-22(2-6-26(34)48-28)44-18-30(52)40(58)42(60)32(54)20-50/h1-8,13-18,29-32,39-42,49-54,57-60H,9-12,19-20H2/p+2/t29-,30-,31-,32-,39-,40-,41-,42-/m1/s1. The average molecular weight is 955 g/mol. The molecule has 22 heteroatoms. The maximum Gasteiger partial charge on any atom is 0.247 e. The van der Waals surface area contributed by atoms with Crippen molar-refractivity contribution in [3.8, 4) is 21.1 Å². The van der Waals surface area contributed by atoms with Crippen LogP contribution in [-0.4, -0.2) is 149 Å². The highest BCUT2D eigenvalue weighted by molar-refractivity contribution is 8.76. The smallest absolute Gasteiger partial charge is 0.247 e. The molecule has 2 aromatic carbocycles. The van der Waals surface area contributed by atoms with Crippen LogP contribution in [0.1, 0.15) is 12.8 Å². The molecule has 2 amide bonds. The number of fused-ring (bicyclic) bond motifs is 4. The molecule has 0 aromatic heterocycles. The van der Waals surface area contributed by atoms with Gasteiger partial charge in [-0.3, -0.25) is 19.6 Å². The minimum atomic E-state index is -1.77. The van der Waals surface area contributed by atoms with Crippen LogP contribution in [0.4, 0.5) is 11.4 Å². The van der Waals surface area contributed by atoms with Gasteiger partial charge in [0.05, 0.1) is 35.3 Å². The molecule has 0 spiro atoms. The zero-order valence-electron chi connectivity index (χ0n) is 33.7. The first-order valence-electron chi connectivity index (χ1n) is 19.7. The lowest BCUT2D eigenvalue weighted by atomic mass is 10.0. The Kier molecular flexibility index (Phi) is 17.7. The van der Waals surface area contributed by atoms with Crippen LogP contribution in [0, 0.1) is 0 Å². The van der Waals surface area contributed by atoms with Crippen LogP contribution in [0.3, 0.4) is 0 Å². The Morgan fingerprint density at radius 2 is 0.969 bits per heavy atom. The molecule has 2 aliphatic carbocycles. The molecule has 2 heterocycles. The van der Waals surface area contributed by atoms with Crippen molar-refractivity contribution >= 4 is 100 Å². The largest absolute Gasteiger partial charge is 0.394 e. The summed E-state index contributed by atoms with van der Waals surface area (Å²) in [6.07, 6.45) is -11.0. The Labute approximate surface area is 380 Å². The lowest BCUT2D eigenvalue weighted by Gasteiger charge is -2.23. The van der Waals surface area contributed by atoms with Crippen molar-refractivity contribution < 1.29 is 70.6 Å². The topological polar surface area (TPSA) is 314 Å². The number of hydrogen-bond acceptors (Lipinski definition) is 18. The Morgan fingerprint density at radius 3 is 1.36 bits per heavy atom. The highest BCUT2D eigenvalue weighted by Gasteiger charge is 2.30. The molecular formula is C42H46N6O12S4+2. The average Bonchev–Trinajstić information content (AvgIpc) is 3.30. The summed E-state index contributed by atoms with van der Waals surface area (Å²) in [6, 6.07) is 21.3. The minimum absolute atomic E-state index is 0.197. The lowest BCUT2D eigenvalue weighted by Crippen LogP contribution is -2.46. The van der Waals surface area contributed by atoms with Crippen molar-refractivity contribution in [2.75, 3.05) is 24.7 Å². The number of hydrogen-bond donors (Lipinski definition) is 10. The molecular weight excluding hydrogens is 909 g/mol. The summed E-state index contributed by atoms with van der Waals surface area (Å²) in [7, 11) is 2.93. The third-order valence-corrected chi connectivity index (χ3v) is 14.2. The normalized spacial score (nSPS) is 16.8. The van der Waals surface area contributed by atoms with Gasteiger partial charge in [-0.1, -0.05) is 21.6 Å². The Morgan fingerprint density at radius 1 is 0.562 bits per heavy atom. The fraction of sp³-hybridized carbons (Fsp3) is 0.333. The monoisotopic (exact) mass is 954 g/mol. The van der Waals surface area contributed by atoms with Crippen molar-refractivity contribution in [1.82, 2.24) is 0 Å². The third-order valence-electron chi connectivity index (χ3n) is 9.54. The highest BCUT2D eigenvalue weighted by Crippen LogP contribution is 2.31. The number of aliphatic hydroxyl groups excluding tert-OH is 10. The molecule has 4 aliphatic rings. The number of H-pyrrole nitrogens is 2. The van der Waals surface area contributed by atoms with Crippen molar-refractivity contribution in [2.45, 2.75) is 61.7 Å². The SMILES string of the molecule is O=C(CCSSCCC(=O)N=c1ccc2[nH+]c3ccc(N=C[C@@H](O)[C@@H](O)[C@H](O)[C@H](O)CO)cc3sc-2c1)N=c1ccc2[nH+]c3ccc(N=C[C@@H](O)[C@@H](O)[C@H](O)[C@H](O)CO)cc3sc-2c1. The second-order valence-electron chi connectivity index (χ2n) is 14.3. The Hall–Kier alpha value is -4.50. The van der Waals surface area contributed by atoms with Gasteiger partial charge < -0.3 is 51.1 Å². The molecule has 8 atom stereocenters. The summed E-state index contributed by atoms with van der Waals surface area (Å²) in [4.78, 5) is 50.6. The number of carbonyl (C=O) groups excluding carboxylic acids is 2. The van der Waals surface area contributed by atoms with E-state index in [1.54, 1.807) is 60.7 Å². The van der Waals surface area contributed by atoms with Gasteiger partial charge in [-0.15, -0.1) is 22.7 Å². The van der Waals surface area contributed by atoms with Gasteiger partial charge in [-0.25, -0.2) is 20.0 Å². The van der Waals surface area contributed by atoms with Crippen molar-refractivity contribution in [2.24, 2.45) is 20.0 Å². The van der Waals surface area contributed by atoms with Crippen molar-refractivity contribution in [1.29, 1.82) is 0 Å². The van der Waals surface area contributed by atoms with E-state index in [9.17, 15) is 50.4 Å². The molecule has 12 N–H and O–H groups in total. The van der Waals surface area contributed by atoms with E-state index in [2.05, 4.69) is 29.9 Å². The van der Waals surface area contributed by atoms with Crippen LogP contribution >= 0.6 is 44.3 Å². The maximum atomic E-state index is 12.7. The number of aliphatic imine (C=N–C) groups is 2. The molecule has 0 radical (unpaired) electrons. The van der Waals surface area contributed by atoms with Crippen molar-refractivity contribution in [3.05, 3.63) is 83.5 Å². The summed E-state index contributed by atoms with van der Waals surface area (Å²) < 4.78 is 1.61. The van der Waals surface area contributed by atoms with Gasteiger partial charge in [0.1, 0.15) is 68.0 Å². The van der Waals surface area contributed by atoms with E-state index in [0.717, 1.165) is 54.0 Å². The van der Waals surface area contributed by atoms with Crippen LogP contribution in [0.5, 0.6) is 0 Å². The molecule has 0 bridgehead atoms. The van der Waals surface area contributed by atoms with Gasteiger partial charge in [0.2, 0.25) is 34.2 Å². The van der Waals surface area contributed by atoms with E-state index in [4.69, 9.17) is 10.2 Å². The van der Waals surface area contributed by atoms with Crippen molar-refractivity contribution in [3.63, 3.8) is 0 Å². The van der Waals surface area contributed by atoms with Gasteiger partial charge >= 0.3 is 0 Å². The van der Waals surface area contributed by atoms with Crippen LogP contribution in [0.25, 0.3) is 41.6 Å². The van der Waals surface area contributed by atoms with E-state index < -0.39 is 62.0 Å². The number of amides is 2. The number of benzene rings is 4. The molecule has 0 fully saturated rings. The van der Waals surface area contributed by atoms with E-state index in [-0.39, 0.29) is 24.7 Å². The van der Waals surface area contributed by atoms with Crippen LogP contribution < -0.4 is 20.7 Å². The van der Waals surface area contributed by atoms with E-state index in [1.165, 1.54) is 44.3 Å². The van der Waals surface area contributed by atoms with Crippen LogP contribution in [0.15, 0.2) is 92.8 Å². The molecule has 0 unspecified atom stereocenters. The number of aromatic amines is 2. The predicted molar refractivity (Wildman–Crippen MR) is 244 cm³/mol. The first-order valence-corrected chi connectivity index (χ1v) is 23.8. The van der Waals surface area contributed by atoms with E-state index in [1.807, 2.05) is 12.1 Å². The first kappa shape index (κ1) is 48.9. The summed E-state index contributed by atoms with van der Waals surface area (Å²) in [6.45, 7) is -1.57. The third kappa shape index (κ3) is 13.1. The highest BCUT2D eigenvalue weighted by atomic mass is 33.1.